The average Bonchev–Trinajstić information content (AvgIpc) is 2.75. The first-order valence-corrected chi connectivity index (χ1v) is 7.84. The lowest BCUT2D eigenvalue weighted by molar-refractivity contribution is 0.151. The van der Waals surface area contributed by atoms with Crippen molar-refractivity contribution in [1.82, 2.24) is 9.71 Å². The Morgan fingerprint density at radius 1 is 1.29 bits per heavy atom. The SMILES string of the molecule is O=S(=O)(NC1c2ccccc2CC1O)c1cncc(F)c1. The number of aliphatic hydroxyl groups excluding tert-OH is 1. The minimum atomic E-state index is -3.95. The number of nitrogens with one attached hydrogen (secondary N) is 1. The molecule has 0 aliphatic heterocycles. The molecule has 0 spiro atoms. The van der Waals surface area contributed by atoms with Crippen LogP contribution in [0.2, 0.25) is 0 Å². The number of nitrogens with zero attached hydrogens (tertiary/aromatic N) is 1. The number of aliphatic hydroxyl groups is 1. The van der Waals surface area contributed by atoms with Crippen LogP contribution in [0.4, 0.5) is 4.39 Å². The summed E-state index contributed by atoms with van der Waals surface area (Å²) in [6.07, 6.45) is 1.53. The predicted molar refractivity (Wildman–Crippen MR) is 73.4 cm³/mol. The minimum absolute atomic E-state index is 0.265. The molecule has 1 heterocycles. The fourth-order valence-corrected chi connectivity index (χ4v) is 3.71. The normalized spacial score (nSPS) is 21.2. The lowest BCUT2D eigenvalue weighted by Gasteiger charge is -2.17. The van der Waals surface area contributed by atoms with Gasteiger partial charge in [-0.15, -0.1) is 0 Å². The van der Waals surface area contributed by atoms with Crippen LogP contribution in [0.25, 0.3) is 0 Å². The number of halogens is 1. The van der Waals surface area contributed by atoms with Gasteiger partial charge in [0.25, 0.3) is 0 Å². The molecule has 0 amide bonds. The van der Waals surface area contributed by atoms with Gasteiger partial charge in [0.05, 0.1) is 18.3 Å². The number of hydrogen-bond donors (Lipinski definition) is 2. The van der Waals surface area contributed by atoms with Gasteiger partial charge in [0.2, 0.25) is 10.0 Å². The van der Waals surface area contributed by atoms with E-state index in [0.29, 0.717) is 6.42 Å². The largest absolute Gasteiger partial charge is 0.391 e. The molecule has 0 saturated carbocycles. The van der Waals surface area contributed by atoms with Crippen molar-refractivity contribution in [2.24, 2.45) is 0 Å². The van der Waals surface area contributed by atoms with E-state index in [1.165, 1.54) is 0 Å². The summed E-state index contributed by atoms with van der Waals surface area (Å²) < 4.78 is 40.1. The van der Waals surface area contributed by atoms with E-state index in [1.807, 2.05) is 12.1 Å². The number of pyridine rings is 1. The number of aromatic nitrogens is 1. The second-order valence-electron chi connectivity index (χ2n) is 4.91. The number of benzene rings is 1. The first-order chi connectivity index (χ1) is 9.97. The average molecular weight is 308 g/mol. The zero-order chi connectivity index (χ0) is 15.0. The molecule has 21 heavy (non-hydrogen) atoms. The highest BCUT2D eigenvalue weighted by Crippen LogP contribution is 2.32. The molecule has 0 bridgehead atoms. The molecule has 110 valence electrons. The van der Waals surface area contributed by atoms with Gasteiger partial charge in [-0.2, -0.15) is 0 Å². The summed E-state index contributed by atoms with van der Waals surface area (Å²) in [4.78, 5) is 3.27. The molecule has 1 aliphatic carbocycles. The first-order valence-electron chi connectivity index (χ1n) is 6.36. The lowest BCUT2D eigenvalue weighted by Crippen LogP contribution is -2.34. The molecule has 5 nitrogen and oxygen atoms in total. The standard InChI is InChI=1S/C14H13FN2O3S/c15-10-6-11(8-16-7-10)21(19,20)17-14-12-4-2-1-3-9(12)5-13(14)18/h1-4,6-8,13-14,17-18H,5H2. The second-order valence-corrected chi connectivity index (χ2v) is 6.62. The van der Waals surface area contributed by atoms with Crippen LogP contribution in [0.1, 0.15) is 17.2 Å². The van der Waals surface area contributed by atoms with Gasteiger partial charge in [0.15, 0.2) is 0 Å². The summed E-state index contributed by atoms with van der Waals surface area (Å²) in [6.45, 7) is 0. The summed E-state index contributed by atoms with van der Waals surface area (Å²) in [5.74, 6) is -0.731. The van der Waals surface area contributed by atoms with Gasteiger partial charge < -0.3 is 5.11 Å². The van der Waals surface area contributed by atoms with Crippen molar-refractivity contribution in [3.05, 3.63) is 59.7 Å². The van der Waals surface area contributed by atoms with E-state index in [0.717, 1.165) is 29.6 Å². The Kier molecular flexibility index (Phi) is 3.48. The molecule has 2 unspecified atom stereocenters. The smallest absolute Gasteiger partial charge is 0.242 e. The van der Waals surface area contributed by atoms with Crippen molar-refractivity contribution in [1.29, 1.82) is 0 Å². The predicted octanol–water partition coefficient (Wildman–Crippen LogP) is 1.16. The third kappa shape index (κ3) is 2.67. The fourth-order valence-electron chi connectivity index (χ4n) is 2.49. The molecule has 1 aliphatic rings. The van der Waals surface area contributed by atoms with Crippen LogP contribution >= 0.6 is 0 Å². The van der Waals surface area contributed by atoms with Gasteiger partial charge in [-0.1, -0.05) is 24.3 Å². The third-order valence-corrected chi connectivity index (χ3v) is 4.88. The van der Waals surface area contributed by atoms with Gasteiger partial charge >= 0.3 is 0 Å². The van der Waals surface area contributed by atoms with E-state index in [-0.39, 0.29) is 4.90 Å². The summed E-state index contributed by atoms with van der Waals surface area (Å²) in [5, 5.41) is 10.1. The van der Waals surface area contributed by atoms with Crippen LogP contribution in [0.3, 0.4) is 0 Å². The van der Waals surface area contributed by atoms with E-state index < -0.39 is 28.0 Å². The molecular weight excluding hydrogens is 295 g/mol. The van der Waals surface area contributed by atoms with Crippen LogP contribution in [0, 0.1) is 5.82 Å². The van der Waals surface area contributed by atoms with Crippen LogP contribution < -0.4 is 4.72 Å². The van der Waals surface area contributed by atoms with E-state index in [2.05, 4.69) is 9.71 Å². The van der Waals surface area contributed by atoms with Crippen LogP contribution in [0.15, 0.2) is 47.6 Å². The highest BCUT2D eigenvalue weighted by Gasteiger charge is 2.34. The van der Waals surface area contributed by atoms with E-state index in [9.17, 15) is 17.9 Å². The van der Waals surface area contributed by atoms with Crippen molar-refractivity contribution in [2.75, 3.05) is 0 Å². The Labute approximate surface area is 121 Å². The molecule has 2 N–H and O–H groups in total. The van der Waals surface area contributed by atoms with Gasteiger partial charge in [0.1, 0.15) is 10.7 Å². The number of sulfonamides is 1. The summed E-state index contributed by atoms with van der Waals surface area (Å²) in [7, 11) is -3.95. The fraction of sp³-hybridized carbons (Fsp3) is 0.214. The minimum Gasteiger partial charge on any atom is -0.391 e. The van der Waals surface area contributed by atoms with Crippen molar-refractivity contribution >= 4 is 10.0 Å². The number of rotatable bonds is 3. The second kappa shape index (κ2) is 5.18. The molecule has 3 rings (SSSR count). The maximum absolute atomic E-state index is 13.1. The molecule has 2 atom stereocenters. The molecular formula is C14H13FN2O3S. The Balaban J connectivity index is 1.93. The molecule has 2 aromatic rings. The Morgan fingerprint density at radius 3 is 2.81 bits per heavy atom. The maximum Gasteiger partial charge on any atom is 0.242 e. The number of hydrogen-bond acceptors (Lipinski definition) is 4. The third-order valence-electron chi connectivity index (χ3n) is 3.48. The van der Waals surface area contributed by atoms with Crippen molar-refractivity contribution in [3.8, 4) is 0 Å². The summed E-state index contributed by atoms with van der Waals surface area (Å²) in [6, 6.07) is 7.37. The Morgan fingerprint density at radius 2 is 2.05 bits per heavy atom. The van der Waals surface area contributed by atoms with E-state index in [1.54, 1.807) is 12.1 Å². The molecule has 7 heteroatoms. The lowest BCUT2D eigenvalue weighted by atomic mass is 10.1. The highest BCUT2D eigenvalue weighted by molar-refractivity contribution is 7.89. The zero-order valence-corrected chi connectivity index (χ0v) is 11.7. The topological polar surface area (TPSA) is 79.3 Å². The zero-order valence-electron chi connectivity index (χ0n) is 10.9. The van der Waals surface area contributed by atoms with Crippen molar-refractivity contribution in [3.63, 3.8) is 0 Å². The van der Waals surface area contributed by atoms with Gasteiger partial charge in [0, 0.05) is 12.6 Å². The van der Waals surface area contributed by atoms with Crippen molar-refractivity contribution < 1.29 is 17.9 Å². The maximum atomic E-state index is 13.1. The van der Waals surface area contributed by atoms with E-state index >= 15 is 0 Å². The number of fused-ring (bicyclic) bond motifs is 1. The molecule has 0 saturated heterocycles. The Bertz CT molecular complexity index is 779. The molecule has 0 fully saturated rings. The van der Waals surface area contributed by atoms with Crippen molar-refractivity contribution in [2.45, 2.75) is 23.5 Å². The van der Waals surface area contributed by atoms with E-state index in [4.69, 9.17) is 0 Å². The quantitative estimate of drug-likeness (QED) is 0.892. The van der Waals surface area contributed by atoms with Gasteiger partial charge in [-0.25, -0.2) is 17.5 Å². The molecule has 0 radical (unpaired) electrons. The van der Waals surface area contributed by atoms with Gasteiger partial charge in [-0.3, -0.25) is 4.98 Å². The van der Waals surface area contributed by atoms with Crippen LogP contribution in [0.5, 0.6) is 0 Å². The monoisotopic (exact) mass is 308 g/mol. The van der Waals surface area contributed by atoms with Crippen LogP contribution in [-0.4, -0.2) is 24.6 Å². The van der Waals surface area contributed by atoms with Gasteiger partial charge in [-0.05, 0) is 17.2 Å². The van der Waals surface area contributed by atoms with Crippen LogP contribution in [-0.2, 0) is 16.4 Å². The molecule has 1 aromatic heterocycles. The summed E-state index contributed by atoms with van der Waals surface area (Å²) >= 11 is 0. The Hall–Kier alpha value is -1.83. The summed E-state index contributed by atoms with van der Waals surface area (Å²) in [5.41, 5.74) is 1.63. The first kappa shape index (κ1) is 14.1. The highest BCUT2D eigenvalue weighted by atomic mass is 32.2. The molecule has 1 aromatic carbocycles.